The zero-order chi connectivity index (χ0) is 19.5. The lowest BCUT2D eigenvalue weighted by Crippen LogP contribution is -2.49. The molecule has 1 aromatic carbocycles. The second-order valence-electron chi connectivity index (χ2n) is 7.21. The van der Waals surface area contributed by atoms with Gasteiger partial charge in [-0.2, -0.15) is 4.31 Å². The van der Waals surface area contributed by atoms with Gasteiger partial charge in [-0.05, 0) is 45.6 Å². The van der Waals surface area contributed by atoms with Crippen LogP contribution in [0.5, 0.6) is 5.75 Å². The number of ether oxygens (including phenoxy) is 1. The van der Waals surface area contributed by atoms with Gasteiger partial charge in [0.25, 0.3) is 0 Å². The Bertz CT molecular complexity index is 746. The minimum Gasteiger partial charge on any atom is -0.487 e. The maximum absolute atomic E-state index is 13.2. The van der Waals surface area contributed by atoms with Crippen LogP contribution in [-0.2, 0) is 10.0 Å². The molecule has 1 aliphatic rings. The Kier molecular flexibility index (Phi) is 6.85. The summed E-state index contributed by atoms with van der Waals surface area (Å²) in [5.74, 6) is 0.342. The van der Waals surface area contributed by atoms with Crippen molar-refractivity contribution in [3.63, 3.8) is 0 Å². The number of rotatable bonds is 5. The normalized spacial score (nSPS) is 24.7. The molecule has 1 heterocycles. The van der Waals surface area contributed by atoms with Crippen LogP contribution in [0.25, 0.3) is 6.08 Å². The van der Waals surface area contributed by atoms with Gasteiger partial charge in [0.15, 0.2) is 0 Å². The number of benzene rings is 1. The molecule has 26 heavy (non-hydrogen) atoms. The highest BCUT2D eigenvalue weighted by atomic mass is 32.2. The van der Waals surface area contributed by atoms with Crippen molar-refractivity contribution in [1.29, 1.82) is 0 Å². The average Bonchev–Trinajstić information content (AvgIpc) is 2.57. The molecule has 6 nitrogen and oxygen atoms in total. The summed E-state index contributed by atoms with van der Waals surface area (Å²) in [7, 11) is 0.178. The van der Waals surface area contributed by atoms with E-state index in [0.717, 1.165) is 5.56 Å². The quantitative estimate of drug-likeness (QED) is 0.844. The highest BCUT2D eigenvalue weighted by Gasteiger charge is 2.37. The first-order valence-electron chi connectivity index (χ1n) is 8.91. The first-order valence-corrected chi connectivity index (χ1v) is 10.4. The van der Waals surface area contributed by atoms with E-state index in [1.807, 2.05) is 45.0 Å². The lowest BCUT2D eigenvalue weighted by Gasteiger charge is -2.37. The molecule has 1 aromatic rings. The van der Waals surface area contributed by atoms with E-state index in [1.165, 1.54) is 4.31 Å². The molecule has 0 unspecified atom stereocenters. The summed E-state index contributed by atoms with van der Waals surface area (Å²) in [5, 5.41) is 9.59. The predicted octanol–water partition coefficient (Wildman–Crippen LogP) is 2.05. The lowest BCUT2D eigenvalue weighted by molar-refractivity contribution is 0.0812. The Hall–Kier alpha value is -1.41. The van der Waals surface area contributed by atoms with Crippen molar-refractivity contribution in [3.8, 4) is 5.75 Å². The third kappa shape index (κ3) is 4.46. The third-order valence-corrected chi connectivity index (χ3v) is 6.61. The second-order valence-corrected chi connectivity index (χ2v) is 9.07. The van der Waals surface area contributed by atoms with Crippen molar-refractivity contribution >= 4 is 16.1 Å². The van der Waals surface area contributed by atoms with Crippen molar-refractivity contribution < 1.29 is 18.3 Å². The van der Waals surface area contributed by atoms with Crippen LogP contribution in [-0.4, -0.2) is 68.7 Å². The minimum atomic E-state index is -3.76. The van der Waals surface area contributed by atoms with Gasteiger partial charge in [-0.3, -0.25) is 0 Å². The van der Waals surface area contributed by atoms with Crippen molar-refractivity contribution in [3.05, 3.63) is 29.8 Å². The molecule has 2 rings (SSSR count). The fraction of sp³-hybridized carbons (Fsp3) is 0.579. The van der Waals surface area contributed by atoms with Crippen LogP contribution in [0.15, 0.2) is 29.2 Å². The van der Waals surface area contributed by atoms with Crippen molar-refractivity contribution in [2.45, 2.75) is 37.8 Å². The largest absolute Gasteiger partial charge is 0.487 e. The van der Waals surface area contributed by atoms with Gasteiger partial charge in [-0.15, -0.1) is 0 Å². The van der Waals surface area contributed by atoms with E-state index in [2.05, 4.69) is 0 Å². The van der Waals surface area contributed by atoms with E-state index < -0.39 is 16.1 Å². The fourth-order valence-corrected chi connectivity index (χ4v) is 4.94. The van der Waals surface area contributed by atoms with Gasteiger partial charge in [0.2, 0.25) is 10.0 Å². The van der Waals surface area contributed by atoms with E-state index in [0.29, 0.717) is 18.8 Å². The van der Waals surface area contributed by atoms with Gasteiger partial charge < -0.3 is 14.7 Å². The Labute approximate surface area is 157 Å². The van der Waals surface area contributed by atoms with E-state index in [-0.39, 0.29) is 23.5 Å². The number of allylic oxidation sites excluding steroid dienone is 1. The number of sulfonamides is 1. The summed E-state index contributed by atoms with van der Waals surface area (Å²) in [6.07, 6.45) is 3.65. The van der Waals surface area contributed by atoms with Crippen LogP contribution in [0.3, 0.4) is 0 Å². The van der Waals surface area contributed by atoms with Crippen molar-refractivity contribution in [1.82, 2.24) is 9.21 Å². The maximum Gasteiger partial charge on any atom is 0.247 e. The van der Waals surface area contributed by atoms with E-state index in [9.17, 15) is 13.5 Å². The number of nitrogens with zero attached hydrogens (tertiary/aromatic N) is 2. The maximum atomic E-state index is 13.2. The molecule has 0 saturated heterocycles. The number of aliphatic hydroxyl groups is 1. The van der Waals surface area contributed by atoms with Crippen LogP contribution >= 0.6 is 0 Å². The summed E-state index contributed by atoms with van der Waals surface area (Å²) in [6, 6.07) is 4.64. The van der Waals surface area contributed by atoms with Crippen LogP contribution in [0.2, 0.25) is 0 Å². The number of hydrogen-bond donors (Lipinski definition) is 1. The number of aliphatic hydroxyl groups excluding tert-OH is 1. The molecule has 0 amide bonds. The zero-order valence-electron chi connectivity index (χ0n) is 16.2. The summed E-state index contributed by atoms with van der Waals surface area (Å²) in [4.78, 5) is 2.19. The second kappa shape index (κ2) is 8.52. The number of likely N-dealkylation sites (N-methyl/N-ethyl adjacent to an activating group) is 1. The highest BCUT2D eigenvalue weighted by Crippen LogP contribution is 2.34. The van der Waals surface area contributed by atoms with E-state index >= 15 is 0 Å². The standard InChI is InChI=1S/C19H30N2O4S/c1-6-7-16-8-9-19-17(10-16)25-18(12-20(4)5)14(2)11-21(15(3)13-22)26(19,23)24/h6-10,14-15,18,22H,11-13H2,1-5H3/b7-6+/t14-,15+,18-/m1/s1. The lowest BCUT2D eigenvalue weighted by atomic mass is 10.0. The molecule has 0 radical (unpaired) electrons. The molecule has 0 saturated carbocycles. The summed E-state index contributed by atoms with van der Waals surface area (Å²) >= 11 is 0. The highest BCUT2D eigenvalue weighted by molar-refractivity contribution is 7.89. The molecule has 146 valence electrons. The van der Waals surface area contributed by atoms with Crippen LogP contribution in [0, 0.1) is 5.92 Å². The number of hydrogen-bond acceptors (Lipinski definition) is 5. The zero-order valence-corrected chi connectivity index (χ0v) is 17.0. The Morgan fingerprint density at radius 3 is 2.69 bits per heavy atom. The Morgan fingerprint density at radius 2 is 2.12 bits per heavy atom. The molecule has 0 aromatic heterocycles. The fourth-order valence-electron chi connectivity index (χ4n) is 3.12. The first kappa shape index (κ1) is 20.9. The molecule has 0 aliphatic carbocycles. The summed E-state index contributed by atoms with van der Waals surface area (Å²) in [6.45, 7) is 6.38. The first-order chi connectivity index (χ1) is 12.2. The van der Waals surface area contributed by atoms with Crippen molar-refractivity contribution in [2.75, 3.05) is 33.8 Å². The van der Waals surface area contributed by atoms with Crippen LogP contribution in [0.1, 0.15) is 26.3 Å². The van der Waals surface area contributed by atoms with Crippen molar-refractivity contribution in [2.24, 2.45) is 5.92 Å². The molecular weight excluding hydrogens is 352 g/mol. The molecular formula is C19H30N2O4S. The van der Waals surface area contributed by atoms with Gasteiger partial charge in [0, 0.05) is 25.0 Å². The van der Waals surface area contributed by atoms with Gasteiger partial charge >= 0.3 is 0 Å². The van der Waals surface area contributed by atoms with Gasteiger partial charge in [0.05, 0.1) is 6.61 Å². The summed E-state index contributed by atoms with van der Waals surface area (Å²) in [5.41, 5.74) is 0.889. The molecule has 0 fully saturated rings. The Balaban J connectivity index is 2.61. The minimum absolute atomic E-state index is 0.0281. The van der Waals surface area contributed by atoms with E-state index in [4.69, 9.17) is 4.74 Å². The van der Waals surface area contributed by atoms with E-state index in [1.54, 1.807) is 25.1 Å². The predicted molar refractivity (Wildman–Crippen MR) is 104 cm³/mol. The topological polar surface area (TPSA) is 70.1 Å². The van der Waals surface area contributed by atoms with Gasteiger partial charge in [0.1, 0.15) is 16.7 Å². The molecule has 0 spiro atoms. The smallest absolute Gasteiger partial charge is 0.247 e. The number of fused-ring (bicyclic) bond motifs is 1. The molecule has 3 atom stereocenters. The van der Waals surface area contributed by atoms with Gasteiger partial charge in [-0.25, -0.2) is 8.42 Å². The Morgan fingerprint density at radius 1 is 1.42 bits per heavy atom. The third-order valence-electron chi connectivity index (χ3n) is 4.60. The molecule has 7 heteroatoms. The monoisotopic (exact) mass is 382 g/mol. The van der Waals surface area contributed by atoms with Crippen LogP contribution < -0.4 is 4.74 Å². The van der Waals surface area contributed by atoms with Gasteiger partial charge in [-0.1, -0.05) is 25.1 Å². The summed E-state index contributed by atoms with van der Waals surface area (Å²) < 4.78 is 34.1. The SMILES string of the molecule is C/C=C/c1ccc2c(c1)O[C@H](CN(C)C)[C@H](C)CN([C@@H](C)CO)S2(=O)=O. The molecule has 0 bridgehead atoms. The molecule has 1 N–H and O–H groups in total. The molecule has 1 aliphatic heterocycles. The average molecular weight is 383 g/mol. The van der Waals surface area contributed by atoms with Crippen LogP contribution in [0.4, 0.5) is 0 Å².